The molecule has 0 aromatic carbocycles. The van der Waals surface area contributed by atoms with Crippen LogP contribution in [0.3, 0.4) is 0 Å². The van der Waals surface area contributed by atoms with Crippen LogP contribution in [0.15, 0.2) is 0 Å². The van der Waals surface area contributed by atoms with Gasteiger partial charge in [-0.05, 0) is 45.7 Å². The van der Waals surface area contributed by atoms with Crippen molar-refractivity contribution in [3.8, 4) is 0 Å². The number of nitrogens with two attached hydrogens (primary N) is 3. The van der Waals surface area contributed by atoms with Crippen LogP contribution in [0.2, 0.25) is 0 Å². The minimum absolute atomic E-state index is 0.0402. The van der Waals surface area contributed by atoms with Gasteiger partial charge in [0.1, 0.15) is 42.2 Å². The third kappa shape index (κ3) is 7.53. The predicted octanol–water partition coefficient (Wildman–Crippen LogP) is -6.88. The van der Waals surface area contributed by atoms with Crippen LogP contribution in [-0.4, -0.2) is 166 Å². The Kier molecular flexibility index (Phi) is 12.0. The number of rotatable bonds is 11. The van der Waals surface area contributed by atoms with Gasteiger partial charge in [-0.2, -0.15) is 0 Å². The normalized spacial score (nSPS) is 48.8. The highest BCUT2D eigenvalue weighted by Crippen LogP contribution is 2.37. The fourth-order valence-electron chi connectivity index (χ4n) is 7.01. The number of nitrogens with one attached hydrogen (secondary N) is 3. The van der Waals surface area contributed by atoms with Crippen molar-refractivity contribution >= 4 is 5.91 Å². The number of carbonyl (C=O) groups excluding carboxylic acids is 1. The highest BCUT2D eigenvalue weighted by Gasteiger charge is 2.56. The van der Waals surface area contributed by atoms with Crippen LogP contribution in [-0.2, 0) is 19.0 Å². The molecule has 0 aromatic heterocycles. The first-order valence-corrected chi connectivity index (χ1v) is 15.3. The second-order valence-electron chi connectivity index (χ2n) is 13.1. The van der Waals surface area contributed by atoms with Crippen LogP contribution < -0.4 is 33.2 Å². The first-order chi connectivity index (χ1) is 20.7. The van der Waals surface area contributed by atoms with Crippen LogP contribution >= 0.6 is 0 Å². The van der Waals surface area contributed by atoms with Crippen LogP contribution in [0.5, 0.6) is 0 Å². The summed E-state index contributed by atoms with van der Waals surface area (Å²) in [4.78, 5) is 12.6. The van der Waals surface area contributed by atoms with E-state index in [1.165, 1.54) is 6.92 Å². The zero-order valence-corrected chi connectivity index (χ0v) is 25.2. The predicted molar refractivity (Wildman–Crippen MR) is 153 cm³/mol. The molecule has 2 saturated heterocycles. The minimum atomic E-state index is -1.64. The molecule has 15 unspecified atom stereocenters. The molecule has 256 valence electrons. The lowest BCUT2D eigenvalue weighted by molar-refractivity contribution is -0.303. The molecule has 4 aliphatic rings. The summed E-state index contributed by atoms with van der Waals surface area (Å²) in [6.45, 7) is 1.66. The zero-order valence-electron chi connectivity index (χ0n) is 25.2. The van der Waals surface area contributed by atoms with E-state index in [9.17, 15) is 40.5 Å². The van der Waals surface area contributed by atoms with Gasteiger partial charge in [-0.25, -0.2) is 0 Å². The SMILES string of the molecule is CNC1C(O)C(OC2C(NC(=O)C(O)CN)CC(N)C(C3OC(CNCC4CC(N)C4)C(O)C(O)C3O)C2O)OCC1(C)O. The molecule has 0 bridgehead atoms. The average Bonchev–Trinajstić information content (AvgIpc) is 2.95. The van der Waals surface area contributed by atoms with E-state index in [2.05, 4.69) is 16.0 Å². The fraction of sp³-hybridized carbons (Fsp3) is 0.963. The van der Waals surface area contributed by atoms with E-state index in [0.717, 1.165) is 12.8 Å². The molecule has 16 N–H and O–H groups in total. The number of likely N-dealkylation sites (N-methyl/N-ethyl adjacent to an activating group) is 1. The molecule has 4 rings (SSSR count). The lowest BCUT2D eigenvalue weighted by Crippen LogP contribution is -2.71. The largest absolute Gasteiger partial charge is 0.390 e. The fourth-order valence-corrected chi connectivity index (χ4v) is 7.01. The summed E-state index contributed by atoms with van der Waals surface area (Å²) in [7, 11) is 1.54. The van der Waals surface area contributed by atoms with Crippen molar-refractivity contribution in [1.29, 1.82) is 0 Å². The molecule has 2 saturated carbocycles. The second-order valence-corrected chi connectivity index (χ2v) is 13.1. The van der Waals surface area contributed by atoms with Crippen molar-refractivity contribution < 1.29 is 54.8 Å². The third-order valence-electron chi connectivity index (χ3n) is 9.61. The smallest absolute Gasteiger partial charge is 0.250 e. The van der Waals surface area contributed by atoms with Crippen LogP contribution in [0, 0.1) is 11.8 Å². The number of hydrogen-bond donors (Lipinski definition) is 13. The monoisotopic (exact) mass is 636 g/mol. The molecular formula is C27H52N6O11. The molecule has 0 spiro atoms. The maximum absolute atomic E-state index is 12.6. The van der Waals surface area contributed by atoms with Gasteiger partial charge in [0.15, 0.2) is 6.29 Å². The van der Waals surface area contributed by atoms with E-state index in [-0.39, 0.29) is 32.2 Å². The number of amides is 1. The van der Waals surface area contributed by atoms with Crippen molar-refractivity contribution in [2.75, 3.05) is 33.3 Å². The zero-order chi connectivity index (χ0) is 32.5. The molecule has 17 heteroatoms. The molecule has 4 fully saturated rings. The summed E-state index contributed by atoms with van der Waals surface area (Å²) in [5.74, 6) is -1.53. The standard InChI is InChI=1S/C27H52N6O11/c1-27(41)9-42-26(21(39)24(27)31-2)44-22-13(33-25(40)14(34)6-28)5-12(30)16(18(22)36)23-20(38)19(37)17(35)15(43-23)8-32-7-10-3-11(29)4-10/h10-24,26,31-32,34-39,41H,3-9,28-30H2,1-2H3,(H,33,40). The first-order valence-electron chi connectivity index (χ1n) is 15.3. The van der Waals surface area contributed by atoms with Crippen molar-refractivity contribution in [3.63, 3.8) is 0 Å². The number of ether oxygens (including phenoxy) is 3. The first kappa shape index (κ1) is 35.7. The topological polar surface area (TPSA) is 301 Å². The molecule has 17 nitrogen and oxygen atoms in total. The summed E-state index contributed by atoms with van der Waals surface area (Å²) >= 11 is 0. The summed E-state index contributed by atoms with van der Waals surface area (Å²) < 4.78 is 17.8. The number of aliphatic hydroxyl groups excluding tert-OH is 6. The van der Waals surface area contributed by atoms with E-state index in [1.54, 1.807) is 7.05 Å². The van der Waals surface area contributed by atoms with Gasteiger partial charge in [-0.3, -0.25) is 4.79 Å². The van der Waals surface area contributed by atoms with Gasteiger partial charge in [-0.15, -0.1) is 0 Å². The second kappa shape index (κ2) is 14.7. The van der Waals surface area contributed by atoms with E-state index in [4.69, 9.17) is 31.4 Å². The molecule has 44 heavy (non-hydrogen) atoms. The summed E-state index contributed by atoms with van der Waals surface area (Å²) in [6.07, 6.45) is -12.4. The Morgan fingerprint density at radius 2 is 1.70 bits per heavy atom. The van der Waals surface area contributed by atoms with E-state index in [1.807, 2.05) is 0 Å². The lowest BCUT2D eigenvalue weighted by Gasteiger charge is -2.52. The lowest BCUT2D eigenvalue weighted by atomic mass is 9.72. The number of carbonyl (C=O) groups is 1. The van der Waals surface area contributed by atoms with Gasteiger partial charge in [0, 0.05) is 31.1 Å². The number of aliphatic hydroxyl groups is 7. The Labute approximate surface area is 256 Å². The Balaban J connectivity index is 1.54. The molecule has 2 aliphatic heterocycles. The maximum atomic E-state index is 12.6. The average molecular weight is 637 g/mol. The summed E-state index contributed by atoms with van der Waals surface area (Å²) in [5.41, 5.74) is 16.3. The molecule has 2 aliphatic carbocycles. The van der Waals surface area contributed by atoms with Gasteiger partial charge in [-0.1, -0.05) is 0 Å². The van der Waals surface area contributed by atoms with Gasteiger partial charge < -0.3 is 83.1 Å². The van der Waals surface area contributed by atoms with Crippen LogP contribution in [0.25, 0.3) is 0 Å². The Morgan fingerprint density at radius 1 is 1.02 bits per heavy atom. The maximum Gasteiger partial charge on any atom is 0.250 e. The minimum Gasteiger partial charge on any atom is -0.390 e. The molecule has 15 atom stereocenters. The molecule has 0 aromatic rings. The van der Waals surface area contributed by atoms with Crippen molar-refractivity contribution in [2.45, 2.75) is 117 Å². The Hall–Kier alpha value is -1.13. The van der Waals surface area contributed by atoms with Crippen LogP contribution in [0.1, 0.15) is 26.2 Å². The van der Waals surface area contributed by atoms with Crippen molar-refractivity contribution in [3.05, 3.63) is 0 Å². The van der Waals surface area contributed by atoms with E-state index in [0.29, 0.717) is 12.5 Å². The molecule has 1 amide bonds. The van der Waals surface area contributed by atoms with Gasteiger partial charge >= 0.3 is 0 Å². The van der Waals surface area contributed by atoms with Crippen molar-refractivity contribution in [1.82, 2.24) is 16.0 Å². The van der Waals surface area contributed by atoms with E-state index < -0.39 is 96.8 Å². The molecule has 2 heterocycles. The highest BCUT2D eigenvalue weighted by atomic mass is 16.7. The van der Waals surface area contributed by atoms with Gasteiger partial charge in [0.2, 0.25) is 5.91 Å². The van der Waals surface area contributed by atoms with Crippen LogP contribution in [0.4, 0.5) is 0 Å². The highest BCUT2D eigenvalue weighted by molar-refractivity contribution is 5.81. The van der Waals surface area contributed by atoms with Gasteiger partial charge in [0.25, 0.3) is 0 Å². The summed E-state index contributed by atoms with van der Waals surface area (Å²) in [6, 6.07) is -2.65. The van der Waals surface area contributed by atoms with Crippen molar-refractivity contribution in [2.24, 2.45) is 29.0 Å². The van der Waals surface area contributed by atoms with Gasteiger partial charge in [0.05, 0.1) is 37.0 Å². The quantitative estimate of drug-likeness (QED) is 0.100. The summed E-state index contributed by atoms with van der Waals surface area (Å²) in [5, 5.41) is 84.4. The molecular weight excluding hydrogens is 584 g/mol. The molecule has 0 radical (unpaired) electrons. The Bertz CT molecular complexity index is 948. The Morgan fingerprint density at radius 3 is 2.32 bits per heavy atom. The number of hydrogen-bond acceptors (Lipinski definition) is 16. The third-order valence-corrected chi connectivity index (χ3v) is 9.61. The van der Waals surface area contributed by atoms with E-state index >= 15 is 0 Å².